The quantitative estimate of drug-likeness (QED) is 0.691. The first-order valence-corrected chi connectivity index (χ1v) is 9.07. The third kappa shape index (κ3) is 3.16. The number of hydrogen-bond donors (Lipinski definition) is 3. The predicted molar refractivity (Wildman–Crippen MR) is 92.2 cm³/mol. The molecule has 5 atom stereocenters. The summed E-state index contributed by atoms with van der Waals surface area (Å²) in [5.41, 5.74) is 2.15. The Morgan fingerprint density at radius 1 is 1.40 bits per heavy atom. The molecule has 3 heterocycles. The number of ether oxygens (including phenoxy) is 2. The fourth-order valence-corrected chi connectivity index (χ4v) is 4.43. The Kier molecular flexibility index (Phi) is 4.48. The van der Waals surface area contributed by atoms with E-state index in [-0.39, 0.29) is 30.0 Å². The zero-order valence-corrected chi connectivity index (χ0v) is 14.4. The number of carbonyl (C=O) groups is 1. The Hall–Kier alpha value is -1.57. The van der Waals surface area contributed by atoms with E-state index in [1.165, 1.54) is 0 Å². The van der Waals surface area contributed by atoms with E-state index in [1.807, 2.05) is 25.1 Å². The average Bonchev–Trinajstić information content (AvgIpc) is 3.30. The van der Waals surface area contributed by atoms with Crippen molar-refractivity contribution < 1.29 is 24.3 Å². The summed E-state index contributed by atoms with van der Waals surface area (Å²) in [4.78, 5) is 12.6. The molecule has 0 saturated carbocycles. The van der Waals surface area contributed by atoms with Gasteiger partial charge in [-0.15, -0.1) is 0 Å². The fourth-order valence-electron chi connectivity index (χ4n) is 4.43. The van der Waals surface area contributed by atoms with Gasteiger partial charge in [0.2, 0.25) is 5.91 Å². The molecule has 6 nitrogen and oxygen atoms in total. The molecule has 4 rings (SSSR count). The Bertz CT molecular complexity index is 667. The highest BCUT2D eigenvalue weighted by Crippen LogP contribution is 2.40. The first-order valence-electron chi connectivity index (χ1n) is 9.07. The molecule has 1 aromatic carbocycles. The molecule has 0 radical (unpaired) electrons. The van der Waals surface area contributed by atoms with Gasteiger partial charge in [-0.3, -0.25) is 4.79 Å². The maximum absolute atomic E-state index is 12.6. The van der Waals surface area contributed by atoms with Gasteiger partial charge in [-0.2, -0.15) is 0 Å². The second-order valence-electron chi connectivity index (χ2n) is 7.48. The van der Waals surface area contributed by atoms with Crippen LogP contribution in [0.25, 0.3) is 0 Å². The number of nitrogens with one attached hydrogen (secondary N) is 1. The molecule has 0 aromatic heterocycles. The minimum Gasteiger partial charge on any atom is -0.492 e. The number of para-hydroxylation sites is 1. The average molecular weight is 345 g/mol. The van der Waals surface area contributed by atoms with Crippen LogP contribution in [0.15, 0.2) is 18.2 Å². The van der Waals surface area contributed by atoms with Crippen molar-refractivity contribution in [1.29, 1.82) is 0 Å². The first-order chi connectivity index (χ1) is 12.0. The van der Waals surface area contributed by atoms with E-state index in [9.17, 15) is 14.8 Å². The van der Waals surface area contributed by atoms with Crippen LogP contribution in [0.3, 0.4) is 0 Å². The SMILES string of the molecule is Cc1cccc2c1OC[C@H]2C[C@H](NC(=O)C1C[C@H]2CC[C@@H]1O2)B(O)O. The van der Waals surface area contributed by atoms with Gasteiger partial charge in [-0.1, -0.05) is 18.2 Å². The molecule has 3 aliphatic rings. The van der Waals surface area contributed by atoms with Crippen molar-refractivity contribution in [2.24, 2.45) is 5.92 Å². The third-order valence-electron chi connectivity index (χ3n) is 5.78. The summed E-state index contributed by atoms with van der Waals surface area (Å²) < 4.78 is 11.5. The smallest absolute Gasteiger partial charge is 0.475 e. The van der Waals surface area contributed by atoms with Crippen molar-refractivity contribution in [3.05, 3.63) is 29.3 Å². The van der Waals surface area contributed by atoms with Crippen molar-refractivity contribution in [3.8, 4) is 5.75 Å². The molecule has 2 fully saturated rings. The fraction of sp³-hybridized carbons (Fsp3) is 0.611. The van der Waals surface area contributed by atoms with E-state index in [1.54, 1.807) is 0 Å². The summed E-state index contributed by atoms with van der Waals surface area (Å²) in [5.74, 6) is -0.0977. The van der Waals surface area contributed by atoms with Gasteiger partial charge in [-0.25, -0.2) is 0 Å². The molecule has 1 amide bonds. The van der Waals surface area contributed by atoms with Crippen LogP contribution in [0.4, 0.5) is 0 Å². The van der Waals surface area contributed by atoms with Crippen LogP contribution in [-0.2, 0) is 9.53 Å². The minimum absolute atomic E-state index is 0.0142. The normalized spacial score (nSPS) is 30.7. The molecular formula is C18H24BNO5. The van der Waals surface area contributed by atoms with E-state index < -0.39 is 13.1 Å². The maximum atomic E-state index is 12.6. The molecule has 7 heteroatoms. The van der Waals surface area contributed by atoms with Gasteiger partial charge in [0.05, 0.1) is 30.7 Å². The largest absolute Gasteiger partial charge is 0.492 e. The zero-order valence-electron chi connectivity index (χ0n) is 14.4. The number of hydrogen-bond acceptors (Lipinski definition) is 5. The molecule has 0 aliphatic carbocycles. The van der Waals surface area contributed by atoms with Crippen molar-refractivity contribution >= 4 is 13.0 Å². The van der Waals surface area contributed by atoms with Crippen LogP contribution in [0.1, 0.15) is 42.7 Å². The highest BCUT2D eigenvalue weighted by Gasteiger charge is 2.45. The summed E-state index contributed by atoms with van der Waals surface area (Å²) in [5, 5.41) is 22.4. The van der Waals surface area contributed by atoms with E-state index in [0.717, 1.165) is 36.1 Å². The zero-order chi connectivity index (χ0) is 17.6. The second kappa shape index (κ2) is 6.63. The first kappa shape index (κ1) is 16.9. The van der Waals surface area contributed by atoms with Crippen LogP contribution in [-0.4, -0.2) is 47.8 Å². The molecule has 134 valence electrons. The summed E-state index contributed by atoms with van der Waals surface area (Å²) >= 11 is 0. The minimum atomic E-state index is -1.60. The molecule has 2 bridgehead atoms. The standard InChI is InChI=1S/C18H24BNO5/c1-10-3-2-4-13-11(9-24-17(10)13)7-16(19(22)23)20-18(21)14-8-12-5-6-15(14)25-12/h2-4,11-12,14-16,22-23H,5-9H2,1H3,(H,20,21)/t11-,12-,14?,15+,16+/m1/s1. The Morgan fingerprint density at radius 3 is 2.92 bits per heavy atom. The van der Waals surface area contributed by atoms with Gasteiger partial charge in [0, 0.05) is 11.5 Å². The van der Waals surface area contributed by atoms with Gasteiger partial charge >= 0.3 is 7.12 Å². The van der Waals surface area contributed by atoms with Crippen molar-refractivity contribution in [1.82, 2.24) is 5.32 Å². The number of benzene rings is 1. The van der Waals surface area contributed by atoms with Crippen LogP contribution in [0, 0.1) is 12.8 Å². The van der Waals surface area contributed by atoms with Crippen LogP contribution < -0.4 is 10.1 Å². The van der Waals surface area contributed by atoms with Crippen LogP contribution in [0.5, 0.6) is 5.75 Å². The van der Waals surface area contributed by atoms with Gasteiger partial charge in [0.1, 0.15) is 5.75 Å². The Morgan fingerprint density at radius 2 is 2.24 bits per heavy atom. The summed E-state index contributed by atoms with van der Waals surface area (Å²) in [6.07, 6.45) is 3.28. The Balaban J connectivity index is 1.43. The van der Waals surface area contributed by atoms with Crippen molar-refractivity contribution in [2.45, 2.75) is 56.7 Å². The lowest BCUT2D eigenvalue weighted by molar-refractivity contribution is -0.127. The lowest BCUT2D eigenvalue weighted by Crippen LogP contribution is -2.50. The summed E-state index contributed by atoms with van der Waals surface area (Å²) in [6.45, 7) is 2.49. The molecule has 3 aliphatic heterocycles. The van der Waals surface area contributed by atoms with Gasteiger partial charge < -0.3 is 24.8 Å². The molecule has 2 saturated heterocycles. The second-order valence-corrected chi connectivity index (χ2v) is 7.48. The summed E-state index contributed by atoms with van der Waals surface area (Å²) in [7, 11) is -1.60. The lowest BCUT2D eigenvalue weighted by atomic mass is 9.73. The number of carbonyl (C=O) groups excluding carboxylic acids is 1. The van der Waals surface area contributed by atoms with Gasteiger partial charge in [0.25, 0.3) is 0 Å². The predicted octanol–water partition coefficient (Wildman–Crippen LogP) is 0.925. The number of aryl methyl sites for hydroxylation is 1. The third-order valence-corrected chi connectivity index (χ3v) is 5.78. The topological polar surface area (TPSA) is 88.0 Å². The van der Waals surface area contributed by atoms with Gasteiger partial charge in [0.15, 0.2) is 0 Å². The molecular weight excluding hydrogens is 321 g/mol. The molecule has 3 N–H and O–H groups in total. The molecule has 0 spiro atoms. The van der Waals surface area contributed by atoms with Crippen molar-refractivity contribution in [3.63, 3.8) is 0 Å². The maximum Gasteiger partial charge on any atom is 0.475 e. The number of fused-ring (bicyclic) bond motifs is 3. The highest BCUT2D eigenvalue weighted by atomic mass is 16.5. The van der Waals surface area contributed by atoms with Crippen LogP contribution in [0.2, 0.25) is 0 Å². The van der Waals surface area contributed by atoms with E-state index >= 15 is 0 Å². The Labute approximate surface area is 147 Å². The molecule has 1 aromatic rings. The van der Waals surface area contributed by atoms with Gasteiger partial charge in [-0.05, 0) is 38.2 Å². The molecule has 25 heavy (non-hydrogen) atoms. The van der Waals surface area contributed by atoms with E-state index in [4.69, 9.17) is 9.47 Å². The monoisotopic (exact) mass is 345 g/mol. The van der Waals surface area contributed by atoms with E-state index in [0.29, 0.717) is 13.0 Å². The highest BCUT2D eigenvalue weighted by molar-refractivity contribution is 6.43. The molecule has 1 unspecified atom stereocenters. The summed E-state index contributed by atoms with van der Waals surface area (Å²) in [6, 6.07) is 5.98. The van der Waals surface area contributed by atoms with Crippen LogP contribution >= 0.6 is 0 Å². The van der Waals surface area contributed by atoms with E-state index in [2.05, 4.69) is 5.32 Å². The number of rotatable bonds is 5. The number of amides is 1. The lowest BCUT2D eigenvalue weighted by Gasteiger charge is -2.24. The van der Waals surface area contributed by atoms with Crippen molar-refractivity contribution in [2.75, 3.05) is 6.61 Å².